The Morgan fingerprint density at radius 3 is 2.44 bits per heavy atom. The molecular weight excluding hydrogens is 365 g/mol. The lowest BCUT2D eigenvalue weighted by Crippen LogP contribution is -2.19. The molecule has 0 aliphatic rings. The van der Waals surface area contributed by atoms with Crippen LogP contribution in [0.1, 0.15) is 28.4 Å². The molecule has 0 unspecified atom stereocenters. The summed E-state index contributed by atoms with van der Waals surface area (Å²) in [6.07, 6.45) is 1.66. The highest BCUT2D eigenvalue weighted by atomic mass is 32.2. The van der Waals surface area contributed by atoms with Gasteiger partial charge >= 0.3 is 0 Å². The van der Waals surface area contributed by atoms with Crippen LogP contribution in [0.15, 0.2) is 65.1 Å². The number of aromatic nitrogens is 3. The van der Waals surface area contributed by atoms with E-state index in [-0.39, 0.29) is 11.7 Å². The molecule has 2 aromatic carbocycles. The molecule has 1 amide bonds. The zero-order chi connectivity index (χ0) is 19.2. The van der Waals surface area contributed by atoms with E-state index in [1.807, 2.05) is 23.7 Å². The highest BCUT2D eigenvalue weighted by molar-refractivity contribution is 7.98. The van der Waals surface area contributed by atoms with Gasteiger partial charge < -0.3 is 4.57 Å². The lowest BCUT2D eigenvalue weighted by atomic mass is 10.1. The van der Waals surface area contributed by atoms with Gasteiger partial charge in [0.05, 0.1) is 5.71 Å². The molecule has 27 heavy (non-hydrogen) atoms. The Kier molecular flexibility index (Phi) is 5.97. The van der Waals surface area contributed by atoms with Crippen molar-refractivity contribution in [3.05, 3.63) is 77.4 Å². The molecule has 0 fully saturated rings. The Morgan fingerprint density at radius 1 is 1.15 bits per heavy atom. The molecule has 138 valence electrons. The Morgan fingerprint density at radius 2 is 1.81 bits per heavy atom. The minimum atomic E-state index is -0.312. The maximum Gasteiger partial charge on any atom is 0.271 e. The summed E-state index contributed by atoms with van der Waals surface area (Å²) in [7, 11) is 1.89. The van der Waals surface area contributed by atoms with Crippen molar-refractivity contribution in [3.63, 3.8) is 0 Å². The van der Waals surface area contributed by atoms with Crippen molar-refractivity contribution < 1.29 is 9.18 Å². The molecule has 3 rings (SSSR count). The SMILES string of the molecule is C/C(=N/NC(=O)c1ccc(CSc2nncn2C)cc1)c1ccc(F)cc1. The molecule has 1 N–H and O–H groups in total. The second kappa shape index (κ2) is 8.59. The summed E-state index contributed by atoms with van der Waals surface area (Å²) in [5, 5.41) is 12.8. The van der Waals surface area contributed by atoms with Crippen LogP contribution in [0.3, 0.4) is 0 Å². The zero-order valence-corrected chi connectivity index (χ0v) is 15.7. The van der Waals surface area contributed by atoms with Gasteiger partial charge in [0.15, 0.2) is 5.16 Å². The number of thioether (sulfide) groups is 1. The molecule has 0 bridgehead atoms. The molecule has 1 aromatic heterocycles. The molecular formula is C19H18FN5OS. The first-order valence-corrected chi connectivity index (χ1v) is 9.18. The summed E-state index contributed by atoms with van der Waals surface area (Å²) in [6, 6.07) is 13.2. The van der Waals surface area contributed by atoms with Gasteiger partial charge in [-0.3, -0.25) is 4.79 Å². The van der Waals surface area contributed by atoms with Crippen LogP contribution in [0.4, 0.5) is 4.39 Å². The van der Waals surface area contributed by atoms with Crippen molar-refractivity contribution in [1.29, 1.82) is 0 Å². The molecule has 0 spiro atoms. The number of nitrogens with zero attached hydrogens (tertiary/aromatic N) is 4. The van der Waals surface area contributed by atoms with Gasteiger partial charge in [-0.05, 0) is 42.3 Å². The Bertz CT molecular complexity index is 951. The third-order valence-corrected chi connectivity index (χ3v) is 4.95. The fraction of sp³-hybridized carbons (Fsp3) is 0.158. The van der Waals surface area contributed by atoms with Crippen LogP contribution < -0.4 is 5.43 Å². The lowest BCUT2D eigenvalue weighted by Gasteiger charge is -2.05. The first-order chi connectivity index (χ1) is 13.0. The fourth-order valence-electron chi connectivity index (χ4n) is 2.26. The molecule has 0 atom stereocenters. The molecule has 6 nitrogen and oxygen atoms in total. The second-order valence-corrected chi connectivity index (χ2v) is 6.80. The van der Waals surface area contributed by atoms with Gasteiger partial charge in [-0.2, -0.15) is 5.10 Å². The van der Waals surface area contributed by atoms with Crippen LogP contribution in [0.2, 0.25) is 0 Å². The topological polar surface area (TPSA) is 72.2 Å². The van der Waals surface area contributed by atoms with E-state index in [0.717, 1.165) is 22.0 Å². The molecule has 0 saturated heterocycles. The highest BCUT2D eigenvalue weighted by Gasteiger charge is 2.07. The van der Waals surface area contributed by atoms with Gasteiger partial charge in [0.2, 0.25) is 0 Å². The van der Waals surface area contributed by atoms with E-state index in [4.69, 9.17) is 0 Å². The van der Waals surface area contributed by atoms with E-state index in [1.165, 1.54) is 12.1 Å². The van der Waals surface area contributed by atoms with E-state index < -0.39 is 0 Å². The number of halogens is 1. The van der Waals surface area contributed by atoms with Crippen LogP contribution in [0.25, 0.3) is 0 Å². The molecule has 8 heteroatoms. The Balaban J connectivity index is 1.57. The average Bonchev–Trinajstić information content (AvgIpc) is 3.10. The van der Waals surface area contributed by atoms with Gasteiger partial charge in [-0.1, -0.05) is 36.0 Å². The van der Waals surface area contributed by atoms with Crippen LogP contribution >= 0.6 is 11.8 Å². The minimum Gasteiger partial charge on any atom is -0.312 e. The van der Waals surface area contributed by atoms with Crippen LogP contribution in [-0.4, -0.2) is 26.4 Å². The summed E-state index contributed by atoms with van der Waals surface area (Å²) in [6.45, 7) is 1.75. The van der Waals surface area contributed by atoms with Crippen molar-refractivity contribution in [2.75, 3.05) is 0 Å². The third kappa shape index (κ3) is 5.01. The van der Waals surface area contributed by atoms with E-state index in [0.29, 0.717) is 11.3 Å². The molecule has 1 heterocycles. The van der Waals surface area contributed by atoms with Gasteiger partial charge in [0.25, 0.3) is 5.91 Å². The van der Waals surface area contributed by atoms with Crippen LogP contribution in [0, 0.1) is 5.82 Å². The smallest absolute Gasteiger partial charge is 0.271 e. The van der Waals surface area contributed by atoms with Crippen molar-refractivity contribution in [3.8, 4) is 0 Å². The first kappa shape index (κ1) is 18.8. The number of benzene rings is 2. The summed E-state index contributed by atoms with van der Waals surface area (Å²) in [5.41, 5.74) is 5.45. The monoisotopic (exact) mass is 383 g/mol. The highest BCUT2D eigenvalue weighted by Crippen LogP contribution is 2.20. The number of nitrogens with one attached hydrogen (secondary N) is 1. The number of rotatable bonds is 6. The normalized spacial score (nSPS) is 11.4. The van der Waals surface area contributed by atoms with Crippen LogP contribution in [0.5, 0.6) is 0 Å². The van der Waals surface area contributed by atoms with Crippen molar-refractivity contribution in [1.82, 2.24) is 20.2 Å². The van der Waals surface area contributed by atoms with E-state index in [1.54, 1.807) is 49.3 Å². The zero-order valence-electron chi connectivity index (χ0n) is 14.9. The maximum atomic E-state index is 13.0. The predicted molar refractivity (Wildman–Crippen MR) is 103 cm³/mol. The van der Waals surface area contributed by atoms with Crippen LogP contribution in [-0.2, 0) is 12.8 Å². The fourth-order valence-corrected chi connectivity index (χ4v) is 3.10. The minimum absolute atomic E-state index is 0.302. The number of hydrazone groups is 1. The van der Waals surface area contributed by atoms with Crippen molar-refractivity contribution in [2.45, 2.75) is 17.8 Å². The maximum absolute atomic E-state index is 13.0. The van der Waals surface area contributed by atoms with E-state index in [2.05, 4.69) is 20.7 Å². The first-order valence-electron chi connectivity index (χ1n) is 8.19. The van der Waals surface area contributed by atoms with Gasteiger partial charge in [0, 0.05) is 18.4 Å². The van der Waals surface area contributed by atoms with E-state index >= 15 is 0 Å². The largest absolute Gasteiger partial charge is 0.312 e. The molecule has 3 aromatic rings. The third-order valence-electron chi connectivity index (χ3n) is 3.84. The number of hydrogen-bond donors (Lipinski definition) is 1. The Labute approximate surface area is 160 Å². The number of hydrogen-bond acceptors (Lipinski definition) is 5. The average molecular weight is 383 g/mol. The Hall–Kier alpha value is -3.00. The number of amides is 1. The van der Waals surface area contributed by atoms with Gasteiger partial charge in [0.1, 0.15) is 12.1 Å². The molecule has 0 aliphatic carbocycles. The quantitative estimate of drug-likeness (QED) is 0.402. The second-order valence-electron chi connectivity index (χ2n) is 5.86. The molecule has 0 aliphatic heterocycles. The summed E-state index contributed by atoms with van der Waals surface area (Å²) < 4.78 is 14.8. The lowest BCUT2D eigenvalue weighted by molar-refractivity contribution is 0.0955. The summed E-state index contributed by atoms with van der Waals surface area (Å²) >= 11 is 1.57. The van der Waals surface area contributed by atoms with Gasteiger partial charge in [-0.15, -0.1) is 10.2 Å². The summed E-state index contributed by atoms with van der Waals surface area (Å²) in [4.78, 5) is 12.2. The predicted octanol–water partition coefficient (Wildman–Crippen LogP) is 3.40. The van der Waals surface area contributed by atoms with Crippen molar-refractivity contribution >= 4 is 23.4 Å². The van der Waals surface area contributed by atoms with E-state index in [9.17, 15) is 9.18 Å². The number of carbonyl (C=O) groups excluding carboxylic acids is 1. The number of aryl methyl sites for hydroxylation is 1. The van der Waals surface area contributed by atoms with Gasteiger partial charge in [-0.25, -0.2) is 9.82 Å². The molecule has 0 saturated carbocycles. The van der Waals surface area contributed by atoms with Crippen molar-refractivity contribution in [2.24, 2.45) is 12.1 Å². The molecule has 0 radical (unpaired) electrons. The standard InChI is InChI=1S/C19H18FN5OS/c1-13(15-7-9-17(20)10-8-15)22-23-18(26)16-5-3-14(4-6-16)11-27-19-24-21-12-25(19)2/h3-10,12H,11H2,1-2H3,(H,23,26)/b22-13-. The summed E-state index contributed by atoms with van der Waals surface area (Å²) in [5.74, 6) is 0.118. The number of carbonyl (C=O) groups is 1.